The Hall–Kier alpha value is -3.83. The number of amides is 2. The van der Waals surface area contributed by atoms with Crippen molar-refractivity contribution in [2.75, 3.05) is 60.6 Å². The van der Waals surface area contributed by atoms with Crippen molar-refractivity contribution in [3.05, 3.63) is 82.4 Å². The highest BCUT2D eigenvalue weighted by Gasteiger charge is 2.54. The molecule has 0 radical (unpaired) electrons. The van der Waals surface area contributed by atoms with Gasteiger partial charge in [0.2, 0.25) is 5.91 Å². The second kappa shape index (κ2) is 14.7. The maximum atomic E-state index is 13.5. The van der Waals surface area contributed by atoms with Crippen molar-refractivity contribution in [1.82, 2.24) is 10.6 Å². The maximum absolute atomic E-state index is 13.5. The number of esters is 1. The Balaban J connectivity index is 1.49. The van der Waals surface area contributed by atoms with Crippen molar-refractivity contribution in [1.29, 1.82) is 0 Å². The molecule has 3 aromatic carbocycles. The first-order valence-electron chi connectivity index (χ1n) is 15.9. The zero-order chi connectivity index (χ0) is 32.8. The summed E-state index contributed by atoms with van der Waals surface area (Å²) >= 11 is 0. The molecule has 244 valence electrons. The Kier molecular flexibility index (Phi) is 10.7. The molecule has 0 aromatic heterocycles. The monoisotopic (exact) mass is 662 g/mol. The lowest BCUT2D eigenvalue weighted by Gasteiger charge is -2.38. The maximum Gasteiger partial charge on any atom is 0.340 e. The van der Waals surface area contributed by atoms with Gasteiger partial charge in [-0.25, -0.2) is 4.79 Å². The normalized spacial score (nSPS) is 13.6. The van der Waals surface area contributed by atoms with Crippen LogP contribution in [0.15, 0.2) is 54.6 Å². The van der Waals surface area contributed by atoms with Crippen LogP contribution in [0.2, 0.25) is 0 Å². The Bertz CT molecular complexity index is 1540. The summed E-state index contributed by atoms with van der Waals surface area (Å²) in [7, 11) is 3.29. The predicted octanol–water partition coefficient (Wildman–Crippen LogP) is 6.19. The van der Waals surface area contributed by atoms with Gasteiger partial charge in [-0.1, -0.05) is 21.6 Å². The van der Waals surface area contributed by atoms with E-state index in [0.29, 0.717) is 41.3 Å². The number of benzene rings is 3. The number of fused-ring (bicyclic) bond motifs is 6. The molecule has 2 aliphatic heterocycles. The molecule has 0 unspecified atom stereocenters. The van der Waals surface area contributed by atoms with E-state index in [4.69, 9.17) is 9.47 Å². The third kappa shape index (κ3) is 6.53. The third-order valence-electron chi connectivity index (χ3n) is 8.41. The van der Waals surface area contributed by atoms with Gasteiger partial charge in [0, 0.05) is 103 Å². The number of hydrogen-bond donors (Lipinski definition) is 2. The minimum Gasteiger partial charge on any atom is -0.456 e. The van der Waals surface area contributed by atoms with E-state index in [0.717, 1.165) is 60.2 Å². The average Bonchev–Trinajstić information content (AvgIpc) is 3.34. The summed E-state index contributed by atoms with van der Waals surface area (Å²) in [5.74, 6) is 2.06. The van der Waals surface area contributed by atoms with E-state index in [1.807, 2.05) is 36.4 Å². The van der Waals surface area contributed by atoms with Crippen molar-refractivity contribution in [3.63, 3.8) is 0 Å². The summed E-state index contributed by atoms with van der Waals surface area (Å²) in [5, 5.41) is 5.77. The number of anilines is 2. The molecule has 5 rings (SSSR count). The van der Waals surface area contributed by atoms with Crippen molar-refractivity contribution in [3.8, 4) is 11.5 Å². The molecule has 0 fully saturated rings. The van der Waals surface area contributed by atoms with E-state index >= 15 is 0 Å². The second-order valence-corrected chi connectivity index (χ2v) is 13.7. The highest BCUT2D eigenvalue weighted by atomic mass is 33.1. The summed E-state index contributed by atoms with van der Waals surface area (Å²) in [4.78, 5) is 42.4. The Labute approximate surface area is 279 Å². The van der Waals surface area contributed by atoms with E-state index < -0.39 is 11.6 Å². The average molecular weight is 663 g/mol. The molecule has 1 spiro atoms. The van der Waals surface area contributed by atoms with E-state index in [1.54, 1.807) is 39.8 Å². The molecule has 0 atom stereocenters. The standard InChI is InChI=1S/C35H42N4O5S2/c1-6-38(7-2)25-11-14-28-31(21-25)43-32-22-26(39(8-3)9-4)12-15-29(32)35(28)30-20-24(10-13-27(30)34(42)44-35)33(41)37-17-19-46-45-18-16-36-23(5)40/h10-15,20-22H,6-9,16-19H2,1-5H3,(H,36,40)(H,37,41). The third-order valence-corrected chi connectivity index (χ3v) is 10.8. The van der Waals surface area contributed by atoms with Crippen molar-refractivity contribution >= 4 is 50.7 Å². The highest BCUT2D eigenvalue weighted by molar-refractivity contribution is 8.76. The van der Waals surface area contributed by atoms with Crippen LogP contribution in [0.1, 0.15) is 72.0 Å². The Morgan fingerprint density at radius 3 is 1.80 bits per heavy atom. The van der Waals surface area contributed by atoms with Crippen LogP contribution in [-0.2, 0) is 15.1 Å². The van der Waals surface area contributed by atoms with Gasteiger partial charge in [-0.15, -0.1) is 0 Å². The fraction of sp³-hybridized carbons (Fsp3) is 0.400. The molecule has 2 N–H and O–H groups in total. The number of hydrogen-bond acceptors (Lipinski definition) is 9. The van der Waals surface area contributed by atoms with Gasteiger partial charge in [-0.05, 0) is 70.2 Å². The molecule has 0 aliphatic carbocycles. The molecule has 2 heterocycles. The summed E-state index contributed by atoms with van der Waals surface area (Å²) in [6.45, 7) is 14.4. The van der Waals surface area contributed by atoms with Crippen molar-refractivity contribution < 1.29 is 23.9 Å². The number of carbonyl (C=O) groups excluding carboxylic acids is 3. The van der Waals surface area contributed by atoms with Gasteiger partial charge in [-0.3, -0.25) is 9.59 Å². The number of ether oxygens (including phenoxy) is 2. The zero-order valence-corrected chi connectivity index (χ0v) is 28.7. The highest BCUT2D eigenvalue weighted by Crippen LogP contribution is 2.57. The van der Waals surface area contributed by atoms with Crippen LogP contribution in [0.3, 0.4) is 0 Å². The van der Waals surface area contributed by atoms with Crippen LogP contribution >= 0.6 is 21.6 Å². The fourth-order valence-corrected chi connectivity index (χ4v) is 7.92. The summed E-state index contributed by atoms with van der Waals surface area (Å²) in [6, 6.07) is 17.3. The summed E-state index contributed by atoms with van der Waals surface area (Å²) < 4.78 is 13.0. The molecule has 9 nitrogen and oxygen atoms in total. The smallest absolute Gasteiger partial charge is 0.340 e. The quantitative estimate of drug-likeness (QED) is 0.119. The van der Waals surface area contributed by atoms with Gasteiger partial charge in [0.1, 0.15) is 11.5 Å². The zero-order valence-electron chi connectivity index (χ0n) is 27.1. The van der Waals surface area contributed by atoms with Crippen molar-refractivity contribution in [2.45, 2.75) is 40.2 Å². The van der Waals surface area contributed by atoms with Gasteiger partial charge in [0.05, 0.1) is 5.56 Å². The minimum absolute atomic E-state index is 0.0393. The van der Waals surface area contributed by atoms with Crippen LogP contribution in [0.25, 0.3) is 0 Å². The summed E-state index contributed by atoms with van der Waals surface area (Å²) in [6.07, 6.45) is 0. The lowest BCUT2D eigenvalue weighted by molar-refractivity contribution is -0.118. The molecule has 2 aliphatic rings. The van der Waals surface area contributed by atoms with E-state index in [1.165, 1.54) is 6.92 Å². The number of carbonyl (C=O) groups is 3. The van der Waals surface area contributed by atoms with Gasteiger partial charge in [-0.2, -0.15) is 0 Å². The van der Waals surface area contributed by atoms with Crippen LogP contribution in [0.4, 0.5) is 11.4 Å². The first-order valence-corrected chi connectivity index (χ1v) is 18.4. The molecule has 0 saturated carbocycles. The van der Waals surface area contributed by atoms with Gasteiger partial charge in [0.15, 0.2) is 5.60 Å². The number of rotatable bonds is 14. The molecular formula is C35H42N4O5S2. The molecule has 2 amide bonds. The molecule has 0 bridgehead atoms. The lowest BCUT2D eigenvalue weighted by Crippen LogP contribution is -2.34. The predicted molar refractivity (Wildman–Crippen MR) is 188 cm³/mol. The minimum atomic E-state index is -1.27. The van der Waals surface area contributed by atoms with E-state index in [9.17, 15) is 14.4 Å². The second-order valence-electron chi connectivity index (χ2n) is 11.0. The van der Waals surface area contributed by atoms with Crippen LogP contribution < -0.4 is 25.2 Å². The first kappa shape index (κ1) is 33.5. The Morgan fingerprint density at radius 1 is 0.739 bits per heavy atom. The van der Waals surface area contributed by atoms with Crippen molar-refractivity contribution in [2.24, 2.45) is 0 Å². The molecular weight excluding hydrogens is 621 g/mol. The molecule has 46 heavy (non-hydrogen) atoms. The topological polar surface area (TPSA) is 100 Å². The van der Waals surface area contributed by atoms with Crippen LogP contribution in [0, 0.1) is 0 Å². The Morgan fingerprint density at radius 2 is 1.28 bits per heavy atom. The summed E-state index contributed by atoms with van der Waals surface area (Å²) in [5.41, 5.74) is 3.74. The first-order chi connectivity index (χ1) is 22.3. The molecule has 0 saturated heterocycles. The SMILES string of the molecule is CCN(CC)c1ccc2c(c1)Oc1cc(N(CC)CC)ccc1C21OC(=O)c2ccc(C(=O)NCCSSCCNC(C)=O)cc21. The van der Waals surface area contributed by atoms with Crippen LogP contribution in [0.5, 0.6) is 11.5 Å². The molecule has 11 heteroatoms. The fourth-order valence-electron chi connectivity index (χ4n) is 6.11. The van der Waals surface area contributed by atoms with Gasteiger partial charge in [0.25, 0.3) is 5.91 Å². The van der Waals surface area contributed by atoms with E-state index in [2.05, 4.69) is 48.1 Å². The van der Waals surface area contributed by atoms with Gasteiger partial charge < -0.3 is 29.9 Å². The largest absolute Gasteiger partial charge is 0.456 e. The molecule has 3 aromatic rings. The lowest BCUT2D eigenvalue weighted by atomic mass is 9.77. The van der Waals surface area contributed by atoms with Crippen LogP contribution in [-0.4, -0.2) is 68.6 Å². The van der Waals surface area contributed by atoms with E-state index in [-0.39, 0.29) is 11.8 Å². The van der Waals surface area contributed by atoms with Gasteiger partial charge >= 0.3 is 5.97 Å². The number of nitrogens with one attached hydrogen (secondary N) is 2. The number of nitrogens with zero attached hydrogens (tertiary/aromatic N) is 2.